The van der Waals surface area contributed by atoms with Crippen molar-refractivity contribution in [1.29, 1.82) is 0 Å². The lowest BCUT2D eigenvalue weighted by Crippen LogP contribution is -2.48. The molecule has 0 aliphatic carbocycles. The van der Waals surface area contributed by atoms with Gasteiger partial charge in [0.1, 0.15) is 0 Å². The lowest BCUT2D eigenvalue weighted by molar-refractivity contribution is 0.157. The van der Waals surface area contributed by atoms with E-state index in [4.69, 9.17) is 11.6 Å². The van der Waals surface area contributed by atoms with Crippen molar-refractivity contribution >= 4 is 33.0 Å². The van der Waals surface area contributed by atoms with Gasteiger partial charge in [0, 0.05) is 22.3 Å². The molecule has 0 aromatic carbocycles. The number of thiophene rings is 1. The van der Waals surface area contributed by atoms with E-state index in [1.807, 2.05) is 13.8 Å². The maximum absolute atomic E-state index is 12.9. The van der Waals surface area contributed by atoms with Gasteiger partial charge in [0.2, 0.25) is 10.0 Å². The molecule has 0 N–H and O–H groups in total. The number of sulfonamides is 1. The Bertz CT molecular complexity index is 582. The predicted molar refractivity (Wildman–Crippen MR) is 84.9 cm³/mol. The van der Waals surface area contributed by atoms with Crippen LogP contribution >= 0.6 is 22.9 Å². The van der Waals surface area contributed by atoms with Crippen LogP contribution in [0.4, 0.5) is 0 Å². The molecule has 0 saturated carbocycles. The summed E-state index contributed by atoms with van der Waals surface area (Å²) in [6, 6.07) is 1.79. The van der Waals surface area contributed by atoms with E-state index < -0.39 is 10.0 Å². The third-order valence-electron chi connectivity index (χ3n) is 4.19. The summed E-state index contributed by atoms with van der Waals surface area (Å²) in [5.41, 5.74) is 0. The number of alkyl halides is 1. The van der Waals surface area contributed by atoms with Gasteiger partial charge in [0.15, 0.2) is 0 Å². The van der Waals surface area contributed by atoms with Gasteiger partial charge in [-0.2, -0.15) is 4.31 Å². The van der Waals surface area contributed by atoms with Crippen LogP contribution in [0.3, 0.4) is 0 Å². The molecule has 0 amide bonds. The molecule has 0 radical (unpaired) electrons. The van der Waals surface area contributed by atoms with Crippen molar-refractivity contribution in [3.05, 3.63) is 15.8 Å². The van der Waals surface area contributed by atoms with Crippen LogP contribution < -0.4 is 0 Å². The van der Waals surface area contributed by atoms with Crippen molar-refractivity contribution in [3.8, 4) is 0 Å². The molecule has 2 heterocycles. The van der Waals surface area contributed by atoms with E-state index in [-0.39, 0.29) is 6.04 Å². The summed E-state index contributed by atoms with van der Waals surface area (Å²) in [6.45, 7) is 8.73. The standard InChI is InChI=1S/C14H22ClNO2S2/c1-9-5-10(2)11(3)16(8-9)20(17,18)14-6-13(7-15)19-12(14)4/h6,9-11H,5,7-8H2,1-4H3. The fourth-order valence-corrected chi connectivity index (χ4v) is 6.50. The highest BCUT2D eigenvalue weighted by atomic mass is 35.5. The molecule has 20 heavy (non-hydrogen) atoms. The van der Waals surface area contributed by atoms with Crippen molar-refractivity contribution in [2.75, 3.05) is 6.54 Å². The summed E-state index contributed by atoms with van der Waals surface area (Å²) in [6.07, 6.45) is 1.09. The first kappa shape index (κ1) is 16.3. The van der Waals surface area contributed by atoms with E-state index in [0.29, 0.717) is 29.2 Å². The SMILES string of the molecule is Cc1sc(CCl)cc1S(=O)(=O)N1CC(C)CC(C)C1C. The van der Waals surface area contributed by atoms with Gasteiger partial charge in [-0.15, -0.1) is 22.9 Å². The van der Waals surface area contributed by atoms with E-state index in [0.717, 1.165) is 16.2 Å². The molecule has 0 spiro atoms. The van der Waals surface area contributed by atoms with Crippen LogP contribution in [-0.4, -0.2) is 25.3 Å². The van der Waals surface area contributed by atoms with Gasteiger partial charge in [0.05, 0.1) is 10.8 Å². The smallest absolute Gasteiger partial charge is 0.207 e. The number of hydrogen-bond donors (Lipinski definition) is 0. The zero-order valence-electron chi connectivity index (χ0n) is 12.4. The minimum atomic E-state index is -3.41. The minimum absolute atomic E-state index is 0.0509. The van der Waals surface area contributed by atoms with Crippen LogP contribution in [0.1, 0.15) is 36.9 Å². The molecule has 0 bridgehead atoms. The first-order valence-corrected chi connectivity index (χ1v) is 9.73. The van der Waals surface area contributed by atoms with Crippen LogP contribution in [-0.2, 0) is 15.9 Å². The number of piperidine rings is 1. The fourth-order valence-electron chi connectivity index (χ4n) is 2.95. The summed E-state index contributed by atoms with van der Waals surface area (Å²) < 4.78 is 27.5. The highest BCUT2D eigenvalue weighted by Crippen LogP contribution is 2.35. The van der Waals surface area contributed by atoms with Crippen LogP contribution in [0, 0.1) is 18.8 Å². The van der Waals surface area contributed by atoms with Crippen molar-refractivity contribution in [1.82, 2.24) is 4.31 Å². The quantitative estimate of drug-likeness (QED) is 0.787. The van der Waals surface area contributed by atoms with E-state index in [1.165, 1.54) is 11.3 Å². The molecule has 1 aromatic heterocycles. The molecule has 114 valence electrons. The van der Waals surface area contributed by atoms with E-state index in [9.17, 15) is 8.42 Å². The monoisotopic (exact) mass is 335 g/mol. The summed E-state index contributed by atoms with van der Waals surface area (Å²) in [5.74, 6) is 1.16. The maximum atomic E-state index is 12.9. The Hall–Kier alpha value is -0.100. The van der Waals surface area contributed by atoms with E-state index in [2.05, 4.69) is 13.8 Å². The molecule has 2 rings (SSSR count). The second kappa shape index (κ2) is 5.95. The zero-order chi connectivity index (χ0) is 15.1. The molecule has 3 atom stereocenters. The lowest BCUT2D eigenvalue weighted by Gasteiger charge is -2.39. The zero-order valence-corrected chi connectivity index (χ0v) is 14.8. The molecule has 6 heteroatoms. The van der Waals surface area contributed by atoms with Gasteiger partial charge in [-0.05, 0) is 38.2 Å². The molecule has 1 saturated heterocycles. The Labute approximate surface area is 131 Å². The van der Waals surface area contributed by atoms with Crippen molar-refractivity contribution in [2.45, 2.75) is 50.9 Å². The second-order valence-corrected chi connectivity index (χ2v) is 9.37. The molecule has 3 nitrogen and oxygen atoms in total. The highest BCUT2D eigenvalue weighted by Gasteiger charge is 2.38. The highest BCUT2D eigenvalue weighted by molar-refractivity contribution is 7.89. The third-order valence-corrected chi connectivity index (χ3v) is 7.89. The fraction of sp³-hybridized carbons (Fsp3) is 0.714. The Morgan fingerprint density at radius 2 is 2.05 bits per heavy atom. The van der Waals surface area contributed by atoms with E-state index >= 15 is 0 Å². The third kappa shape index (κ3) is 2.91. The van der Waals surface area contributed by atoms with Crippen molar-refractivity contribution in [3.63, 3.8) is 0 Å². The van der Waals surface area contributed by atoms with Crippen LogP contribution in [0.15, 0.2) is 11.0 Å². The van der Waals surface area contributed by atoms with Gasteiger partial charge in [-0.3, -0.25) is 0 Å². The van der Waals surface area contributed by atoms with Gasteiger partial charge in [0.25, 0.3) is 0 Å². The van der Waals surface area contributed by atoms with Gasteiger partial charge in [-0.1, -0.05) is 13.8 Å². The first-order valence-electron chi connectivity index (χ1n) is 6.94. The number of nitrogens with zero attached hydrogens (tertiary/aromatic N) is 1. The summed E-state index contributed by atoms with van der Waals surface area (Å²) in [4.78, 5) is 2.18. The van der Waals surface area contributed by atoms with Gasteiger partial charge >= 0.3 is 0 Å². The molecule has 1 fully saturated rings. The van der Waals surface area contributed by atoms with Crippen LogP contribution in [0.5, 0.6) is 0 Å². The first-order chi connectivity index (χ1) is 9.27. The number of aryl methyl sites for hydroxylation is 1. The van der Waals surface area contributed by atoms with Crippen LogP contribution in [0.2, 0.25) is 0 Å². The molecule has 1 aliphatic heterocycles. The minimum Gasteiger partial charge on any atom is -0.207 e. The molecule has 3 unspecified atom stereocenters. The average molecular weight is 336 g/mol. The molecular formula is C14H22ClNO2S2. The number of halogens is 1. The van der Waals surface area contributed by atoms with Gasteiger partial charge < -0.3 is 0 Å². The Morgan fingerprint density at radius 3 is 2.60 bits per heavy atom. The van der Waals surface area contributed by atoms with Crippen LogP contribution in [0.25, 0.3) is 0 Å². The lowest BCUT2D eigenvalue weighted by atomic mass is 9.88. The second-order valence-electron chi connectivity index (χ2n) is 5.90. The number of hydrogen-bond acceptors (Lipinski definition) is 3. The normalized spacial score (nSPS) is 28.8. The summed E-state index contributed by atoms with van der Waals surface area (Å²) >= 11 is 7.30. The topological polar surface area (TPSA) is 37.4 Å². The largest absolute Gasteiger partial charge is 0.244 e. The van der Waals surface area contributed by atoms with Gasteiger partial charge in [-0.25, -0.2) is 8.42 Å². The Kier molecular flexibility index (Phi) is 4.84. The molecular weight excluding hydrogens is 314 g/mol. The summed E-state index contributed by atoms with van der Waals surface area (Å²) in [5, 5.41) is 0. The Morgan fingerprint density at radius 1 is 1.40 bits per heavy atom. The maximum Gasteiger partial charge on any atom is 0.244 e. The number of rotatable bonds is 3. The molecule has 1 aliphatic rings. The predicted octanol–water partition coefficient (Wildman–Crippen LogP) is 3.85. The van der Waals surface area contributed by atoms with Crippen molar-refractivity contribution in [2.24, 2.45) is 11.8 Å². The average Bonchev–Trinajstić information content (AvgIpc) is 2.75. The summed E-state index contributed by atoms with van der Waals surface area (Å²) in [7, 11) is -3.41. The van der Waals surface area contributed by atoms with E-state index in [1.54, 1.807) is 10.4 Å². The van der Waals surface area contributed by atoms with Crippen molar-refractivity contribution < 1.29 is 8.42 Å². The Balaban J connectivity index is 2.40. The molecule has 1 aromatic rings.